The highest BCUT2D eigenvalue weighted by molar-refractivity contribution is 5.74. The van der Waals surface area contributed by atoms with Gasteiger partial charge >= 0.3 is 6.03 Å². The number of amides is 2. The number of nitrogens with zero attached hydrogens (tertiary/aromatic N) is 1. The fourth-order valence-electron chi connectivity index (χ4n) is 3.45. The number of carbonyl (C=O) groups is 1. The van der Waals surface area contributed by atoms with E-state index >= 15 is 0 Å². The van der Waals surface area contributed by atoms with Crippen LogP contribution in [0.1, 0.15) is 51.9 Å². The van der Waals surface area contributed by atoms with E-state index in [0.717, 1.165) is 38.8 Å². The molecule has 2 fully saturated rings. The lowest BCUT2D eigenvalue weighted by atomic mass is 9.83. The summed E-state index contributed by atoms with van der Waals surface area (Å²) in [6.07, 6.45) is 7.99. The monoisotopic (exact) mass is 268 g/mol. The predicted molar refractivity (Wildman–Crippen MR) is 76.0 cm³/mol. The summed E-state index contributed by atoms with van der Waals surface area (Å²) in [7, 11) is 0. The van der Waals surface area contributed by atoms with E-state index in [1.807, 2.05) is 4.90 Å². The second kappa shape index (κ2) is 7.13. The number of nitrogens with one attached hydrogen (secondary N) is 1. The van der Waals surface area contributed by atoms with Gasteiger partial charge in [0.25, 0.3) is 0 Å². The van der Waals surface area contributed by atoms with Gasteiger partial charge in [-0.3, -0.25) is 0 Å². The van der Waals surface area contributed by atoms with Crippen molar-refractivity contribution < 1.29 is 9.90 Å². The van der Waals surface area contributed by atoms with Crippen LogP contribution in [0.5, 0.6) is 0 Å². The smallest absolute Gasteiger partial charge is 0.317 e. The Balaban J connectivity index is 1.80. The number of hydrogen-bond acceptors (Lipinski definition) is 2. The van der Waals surface area contributed by atoms with Crippen LogP contribution in [0.25, 0.3) is 0 Å². The van der Waals surface area contributed by atoms with Crippen LogP contribution in [0.4, 0.5) is 4.79 Å². The predicted octanol–water partition coefficient (Wildman–Crippen LogP) is 2.37. The van der Waals surface area contributed by atoms with Gasteiger partial charge < -0.3 is 15.3 Å². The topological polar surface area (TPSA) is 52.6 Å². The molecule has 2 amide bonds. The van der Waals surface area contributed by atoms with Crippen LogP contribution in [-0.4, -0.2) is 41.8 Å². The molecule has 4 heteroatoms. The van der Waals surface area contributed by atoms with Crippen LogP contribution in [-0.2, 0) is 0 Å². The van der Waals surface area contributed by atoms with Gasteiger partial charge in [-0.1, -0.05) is 26.2 Å². The molecule has 1 aliphatic heterocycles. The Kier molecular flexibility index (Phi) is 5.49. The summed E-state index contributed by atoms with van der Waals surface area (Å²) in [5.74, 6) is 1.05. The third-order valence-corrected chi connectivity index (χ3v) is 4.90. The Morgan fingerprint density at radius 3 is 2.53 bits per heavy atom. The van der Waals surface area contributed by atoms with E-state index in [1.54, 1.807) is 0 Å². The lowest BCUT2D eigenvalue weighted by Crippen LogP contribution is -2.50. The van der Waals surface area contributed by atoms with Crippen molar-refractivity contribution in [3.63, 3.8) is 0 Å². The van der Waals surface area contributed by atoms with E-state index in [1.165, 1.54) is 19.3 Å². The number of urea groups is 1. The first-order valence-electron chi connectivity index (χ1n) is 7.91. The van der Waals surface area contributed by atoms with Gasteiger partial charge in [0.1, 0.15) is 0 Å². The molecule has 2 N–H and O–H groups in total. The lowest BCUT2D eigenvalue weighted by Gasteiger charge is -2.36. The van der Waals surface area contributed by atoms with Gasteiger partial charge in [-0.15, -0.1) is 0 Å². The first-order valence-corrected chi connectivity index (χ1v) is 7.91. The molecule has 2 atom stereocenters. The van der Waals surface area contributed by atoms with E-state index in [4.69, 9.17) is 5.11 Å². The average molecular weight is 268 g/mol. The molecule has 4 nitrogen and oxygen atoms in total. The average Bonchev–Trinajstić information content (AvgIpc) is 2.48. The standard InChI is InChI=1S/C15H28N2O2/c1-2-13-5-3-4-6-14(13)16-15(19)17-9-7-12(11-18)8-10-17/h12-14,18H,2-11H2,1H3,(H,16,19). The van der Waals surface area contributed by atoms with Gasteiger partial charge in [0.15, 0.2) is 0 Å². The fourth-order valence-corrected chi connectivity index (χ4v) is 3.45. The van der Waals surface area contributed by atoms with Gasteiger partial charge in [-0.05, 0) is 37.5 Å². The lowest BCUT2D eigenvalue weighted by molar-refractivity contribution is 0.131. The largest absolute Gasteiger partial charge is 0.396 e. The van der Waals surface area contributed by atoms with Crippen LogP contribution < -0.4 is 5.32 Å². The molecule has 1 saturated carbocycles. The molecular formula is C15H28N2O2. The molecule has 2 unspecified atom stereocenters. The zero-order valence-electron chi connectivity index (χ0n) is 12.1. The molecule has 1 heterocycles. The molecule has 0 aromatic carbocycles. The number of piperidine rings is 1. The molecule has 0 spiro atoms. The van der Waals surface area contributed by atoms with Crippen LogP contribution in [0.3, 0.4) is 0 Å². The normalized spacial score (nSPS) is 29.3. The number of carbonyl (C=O) groups excluding carboxylic acids is 1. The van der Waals surface area contributed by atoms with Crippen molar-refractivity contribution in [1.29, 1.82) is 0 Å². The first kappa shape index (κ1) is 14.6. The van der Waals surface area contributed by atoms with E-state index < -0.39 is 0 Å². The highest BCUT2D eigenvalue weighted by atomic mass is 16.3. The second-order valence-electron chi connectivity index (χ2n) is 6.12. The van der Waals surface area contributed by atoms with Gasteiger partial charge in [0.05, 0.1) is 0 Å². The third-order valence-electron chi connectivity index (χ3n) is 4.90. The van der Waals surface area contributed by atoms with Crippen molar-refractivity contribution in [2.24, 2.45) is 11.8 Å². The van der Waals surface area contributed by atoms with Crippen molar-refractivity contribution in [3.05, 3.63) is 0 Å². The Hall–Kier alpha value is -0.770. The first-order chi connectivity index (χ1) is 9.24. The Morgan fingerprint density at radius 2 is 1.89 bits per heavy atom. The molecule has 2 rings (SSSR count). The second-order valence-corrected chi connectivity index (χ2v) is 6.12. The third kappa shape index (κ3) is 3.85. The zero-order chi connectivity index (χ0) is 13.7. The van der Waals surface area contributed by atoms with E-state index in [0.29, 0.717) is 17.9 Å². The number of rotatable bonds is 3. The van der Waals surface area contributed by atoms with Gasteiger partial charge in [-0.2, -0.15) is 0 Å². The molecule has 0 radical (unpaired) electrons. The SMILES string of the molecule is CCC1CCCCC1NC(=O)N1CCC(CO)CC1. The van der Waals surface area contributed by atoms with Crippen LogP contribution in [0.2, 0.25) is 0 Å². The maximum absolute atomic E-state index is 12.3. The maximum atomic E-state index is 12.3. The maximum Gasteiger partial charge on any atom is 0.317 e. The highest BCUT2D eigenvalue weighted by Crippen LogP contribution is 2.27. The van der Waals surface area contributed by atoms with Crippen molar-refractivity contribution in [1.82, 2.24) is 10.2 Å². The van der Waals surface area contributed by atoms with Gasteiger partial charge in [0, 0.05) is 25.7 Å². The van der Waals surface area contributed by atoms with Gasteiger partial charge in [-0.25, -0.2) is 4.79 Å². The van der Waals surface area contributed by atoms with Crippen molar-refractivity contribution in [2.45, 2.75) is 57.9 Å². The van der Waals surface area contributed by atoms with Gasteiger partial charge in [0.2, 0.25) is 0 Å². The molecule has 1 aliphatic carbocycles. The number of aliphatic hydroxyl groups excluding tert-OH is 1. The molecule has 0 aromatic heterocycles. The number of likely N-dealkylation sites (tertiary alicyclic amines) is 1. The molecule has 0 bridgehead atoms. The van der Waals surface area contributed by atoms with E-state index in [-0.39, 0.29) is 12.6 Å². The summed E-state index contributed by atoms with van der Waals surface area (Å²) in [5, 5.41) is 12.4. The fraction of sp³-hybridized carbons (Fsp3) is 0.933. The molecule has 0 aromatic rings. The van der Waals surface area contributed by atoms with Crippen LogP contribution >= 0.6 is 0 Å². The summed E-state index contributed by atoms with van der Waals surface area (Å²) >= 11 is 0. The minimum absolute atomic E-state index is 0.113. The molecule has 2 aliphatic rings. The summed E-state index contributed by atoms with van der Waals surface area (Å²) in [5.41, 5.74) is 0. The molecule has 19 heavy (non-hydrogen) atoms. The zero-order valence-corrected chi connectivity index (χ0v) is 12.1. The summed E-state index contributed by atoms with van der Waals surface area (Å²) in [6.45, 7) is 4.07. The number of aliphatic hydroxyl groups is 1. The summed E-state index contributed by atoms with van der Waals surface area (Å²) < 4.78 is 0. The minimum atomic E-state index is 0.113. The van der Waals surface area contributed by atoms with Crippen molar-refractivity contribution in [3.8, 4) is 0 Å². The van der Waals surface area contributed by atoms with Crippen LogP contribution in [0.15, 0.2) is 0 Å². The quantitative estimate of drug-likeness (QED) is 0.825. The Bertz CT molecular complexity index is 288. The number of hydrogen-bond donors (Lipinski definition) is 2. The highest BCUT2D eigenvalue weighted by Gasteiger charge is 2.28. The summed E-state index contributed by atoms with van der Waals surface area (Å²) in [6, 6.07) is 0.489. The van der Waals surface area contributed by atoms with E-state index in [2.05, 4.69) is 12.2 Å². The Morgan fingerprint density at radius 1 is 1.21 bits per heavy atom. The van der Waals surface area contributed by atoms with Crippen molar-refractivity contribution >= 4 is 6.03 Å². The molecular weight excluding hydrogens is 240 g/mol. The van der Waals surface area contributed by atoms with Crippen LogP contribution in [0, 0.1) is 11.8 Å². The van der Waals surface area contributed by atoms with Crippen molar-refractivity contribution in [2.75, 3.05) is 19.7 Å². The summed E-state index contributed by atoms with van der Waals surface area (Å²) in [4.78, 5) is 14.2. The molecule has 110 valence electrons. The minimum Gasteiger partial charge on any atom is -0.396 e. The van der Waals surface area contributed by atoms with E-state index in [9.17, 15) is 4.79 Å². The molecule has 1 saturated heterocycles. The Labute approximate surface area is 116 Å².